The lowest BCUT2D eigenvalue weighted by Gasteiger charge is -2.17. The van der Waals surface area contributed by atoms with Crippen molar-refractivity contribution in [3.63, 3.8) is 0 Å². The van der Waals surface area contributed by atoms with E-state index in [-0.39, 0.29) is 0 Å². The van der Waals surface area contributed by atoms with Crippen molar-refractivity contribution in [1.29, 1.82) is 0 Å². The van der Waals surface area contributed by atoms with Gasteiger partial charge in [-0.3, -0.25) is 19.1 Å². The minimum Gasteiger partial charge on any atom is -0.480 e. The first-order valence-corrected chi connectivity index (χ1v) is 5.21. The lowest BCUT2D eigenvalue weighted by molar-refractivity contribution is -0.139. The number of carbonyl (C=O) groups is 3. The van der Waals surface area contributed by atoms with Gasteiger partial charge < -0.3 is 10.8 Å². The number of carbonyl (C=O) groups excluding carboxylic acids is 2. The summed E-state index contributed by atoms with van der Waals surface area (Å²) >= 11 is 0. The second kappa shape index (κ2) is 4.87. The van der Waals surface area contributed by atoms with Crippen LogP contribution in [0.15, 0.2) is 0 Å². The summed E-state index contributed by atoms with van der Waals surface area (Å²) in [5.41, 5.74) is 4.65. The number of hydrogen-bond acceptors (Lipinski definition) is 4. The zero-order valence-electron chi connectivity index (χ0n) is 8.27. The van der Waals surface area contributed by atoms with Crippen LogP contribution in [-0.2, 0) is 20.4 Å². The van der Waals surface area contributed by atoms with Gasteiger partial charge in [0, 0.05) is 10.8 Å². The molecule has 0 heterocycles. The fourth-order valence-electron chi connectivity index (χ4n) is 0.570. The Bertz CT molecular complexity index is 325. The van der Waals surface area contributed by atoms with E-state index < -0.39 is 39.2 Å². The van der Waals surface area contributed by atoms with Crippen molar-refractivity contribution in [2.75, 3.05) is 5.75 Å². The van der Waals surface area contributed by atoms with E-state index >= 15 is 0 Å². The third-order valence-electron chi connectivity index (χ3n) is 1.61. The normalized spacial score (nSPS) is 12.9. The zero-order chi connectivity index (χ0) is 12.2. The number of amides is 3. The molecule has 15 heavy (non-hydrogen) atoms. The van der Waals surface area contributed by atoms with Crippen LogP contribution in [0.5, 0.6) is 0 Å². The number of hydrogen-bond donors (Lipinski definition) is 3. The summed E-state index contributed by atoms with van der Waals surface area (Å²) in [6.07, 6.45) is 0. The molecule has 4 N–H and O–H groups in total. The van der Waals surface area contributed by atoms with Crippen LogP contribution in [0.4, 0.5) is 4.79 Å². The highest BCUT2D eigenvalue weighted by Crippen LogP contribution is 2.12. The highest BCUT2D eigenvalue weighted by atomic mass is 32.2. The maximum absolute atomic E-state index is 11.4. The van der Waals surface area contributed by atoms with Crippen molar-refractivity contribution >= 4 is 28.7 Å². The molecular formula is C7H12N2O5S. The van der Waals surface area contributed by atoms with Crippen molar-refractivity contribution in [3.8, 4) is 0 Å². The molecule has 1 unspecified atom stereocenters. The molecule has 0 saturated carbocycles. The van der Waals surface area contributed by atoms with Gasteiger partial charge in [0.1, 0.15) is 10.5 Å². The van der Waals surface area contributed by atoms with Crippen LogP contribution in [0.2, 0.25) is 0 Å². The highest BCUT2D eigenvalue weighted by Gasteiger charge is 2.35. The van der Waals surface area contributed by atoms with Crippen LogP contribution in [-0.4, -0.2) is 37.7 Å². The Morgan fingerprint density at radius 1 is 1.40 bits per heavy atom. The average molecular weight is 236 g/mol. The van der Waals surface area contributed by atoms with Crippen LogP contribution in [0.25, 0.3) is 0 Å². The van der Waals surface area contributed by atoms with Crippen LogP contribution in [0.1, 0.15) is 13.8 Å². The van der Waals surface area contributed by atoms with Crippen LogP contribution >= 0.6 is 0 Å². The van der Waals surface area contributed by atoms with E-state index in [1.54, 1.807) is 5.32 Å². The third kappa shape index (κ3) is 4.07. The lowest BCUT2D eigenvalue weighted by Crippen LogP contribution is -2.44. The average Bonchev–Trinajstić information content (AvgIpc) is 2.01. The van der Waals surface area contributed by atoms with E-state index in [0.29, 0.717) is 0 Å². The fraction of sp³-hybridized carbons (Fsp3) is 0.571. The molecule has 0 spiro atoms. The molecule has 0 fully saturated rings. The fourth-order valence-corrected chi connectivity index (χ4v) is 1.44. The summed E-state index contributed by atoms with van der Waals surface area (Å²) < 4.78 is 9.87. The molecular weight excluding hydrogens is 224 g/mol. The Balaban J connectivity index is 4.44. The Labute approximate surface area is 88.5 Å². The first-order valence-electron chi connectivity index (χ1n) is 3.89. The predicted octanol–water partition coefficient (Wildman–Crippen LogP) is -1.21. The Morgan fingerprint density at radius 3 is 2.20 bits per heavy atom. The number of aliphatic carboxylic acids is 1. The molecule has 1 atom stereocenters. The Hall–Kier alpha value is -1.44. The highest BCUT2D eigenvalue weighted by molar-refractivity contribution is 7.87. The second-order valence-corrected chi connectivity index (χ2v) is 5.22. The molecule has 0 aliphatic rings. The van der Waals surface area contributed by atoms with Crippen molar-refractivity contribution in [2.24, 2.45) is 5.73 Å². The molecule has 0 aliphatic carbocycles. The summed E-state index contributed by atoms with van der Waals surface area (Å²) in [5, 5.41) is 10.4. The smallest absolute Gasteiger partial charge is 0.321 e. The summed E-state index contributed by atoms with van der Waals surface area (Å²) in [6.45, 7) is 2.45. The molecule has 0 aliphatic heterocycles. The van der Waals surface area contributed by atoms with Gasteiger partial charge in [-0.15, -0.1) is 0 Å². The predicted molar refractivity (Wildman–Crippen MR) is 52.5 cm³/mol. The summed E-state index contributed by atoms with van der Waals surface area (Å²) in [6, 6.07) is -1.06. The Morgan fingerprint density at radius 2 is 1.87 bits per heavy atom. The molecule has 0 rings (SSSR count). The molecule has 0 aromatic rings. The molecule has 0 radical (unpaired) electrons. The monoisotopic (exact) mass is 236 g/mol. The van der Waals surface area contributed by atoms with Gasteiger partial charge in [-0.2, -0.15) is 0 Å². The summed E-state index contributed by atoms with van der Waals surface area (Å²) in [7, 11) is -1.93. The first kappa shape index (κ1) is 13.6. The van der Waals surface area contributed by atoms with E-state index in [9.17, 15) is 18.6 Å². The molecule has 0 bridgehead atoms. The van der Waals surface area contributed by atoms with Gasteiger partial charge in [-0.25, -0.2) is 4.79 Å². The molecule has 0 aromatic carbocycles. The van der Waals surface area contributed by atoms with Crippen molar-refractivity contribution in [3.05, 3.63) is 0 Å². The van der Waals surface area contributed by atoms with Crippen molar-refractivity contribution in [2.45, 2.75) is 18.6 Å². The van der Waals surface area contributed by atoms with Gasteiger partial charge >= 0.3 is 12.0 Å². The number of primary amides is 1. The minimum atomic E-state index is -1.93. The Kier molecular flexibility index (Phi) is 4.40. The van der Waals surface area contributed by atoms with E-state index in [1.807, 2.05) is 0 Å². The van der Waals surface area contributed by atoms with Crippen molar-refractivity contribution < 1.29 is 23.7 Å². The number of nitrogens with two attached hydrogens (primary N) is 1. The largest absolute Gasteiger partial charge is 0.480 e. The molecule has 7 nitrogen and oxygen atoms in total. The van der Waals surface area contributed by atoms with Crippen LogP contribution < -0.4 is 11.1 Å². The summed E-state index contributed by atoms with van der Waals surface area (Å²) in [4.78, 5) is 31.8. The van der Waals surface area contributed by atoms with Gasteiger partial charge in [-0.05, 0) is 13.8 Å². The van der Waals surface area contributed by atoms with E-state index in [1.165, 1.54) is 13.8 Å². The second-order valence-electron chi connectivity index (χ2n) is 3.22. The molecule has 86 valence electrons. The third-order valence-corrected chi connectivity index (χ3v) is 3.45. The van der Waals surface area contributed by atoms with E-state index in [4.69, 9.17) is 5.11 Å². The SMILES string of the molecule is CC(C)(C(=O)O)S(=O)CC(=O)NC(N)=O. The van der Waals surface area contributed by atoms with Gasteiger partial charge in [0.05, 0.1) is 0 Å². The number of carboxylic acid groups (broad SMARTS) is 1. The van der Waals surface area contributed by atoms with E-state index in [0.717, 1.165) is 0 Å². The number of imide groups is 1. The first-order chi connectivity index (χ1) is 6.67. The molecule has 0 saturated heterocycles. The lowest BCUT2D eigenvalue weighted by atomic mass is 10.2. The molecule has 3 amide bonds. The van der Waals surface area contributed by atoms with Crippen LogP contribution in [0, 0.1) is 0 Å². The molecule has 8 heteroatoms. The van der Waals surface area contributed by atoms with Crippen LogP contribution in [0.3, 0.4) is 0 Å². The quantitative estimate of drug-likeness (QED) is 0.564. The van der Waals surface area contributed by atoms with Gasteiger partial charge in [0.15, 0.2) is 0 Å². The standard InChI is InChI=1S/C7H12N2O5S/c1-7(2,5(11)12)15(14)3-4(10)9-6(8)13/h3H2,1-2H3,(H,11,12)(H3,8,9,10,13). The topological polar surface area (TPSA) is 127 Å². The van der Waals surface area contributed by atoms with Gasteiger partial charge in [0.25, 0.3) is 0 Å². The minimum absolute atomic E-state index is 0.581. The van der Waals surface area contributed by atoms with Gasteiger partial charge in [-0.1, -0.05) is 0 Å². The number of urea groups is 1. The number of rotatable bonds is 4. The zero-order valence-corrected chi connectivity index (χ0v) is 9.09. The number of nitrogens with one attached hydrogen (secondary N) is 1. The van der Waals surface area contributed by atoms with Gasteiger partial charge in [0.2, 0.25) is 5.91 Å². The van der Waals surface area contributed by atoms with Crippen molar-refractivity contribution in [1.82, 2.24) is 5.32 Å². The number of carboxylic acids is 1. The summed E-state index contributed by atoms with van der Waals surface area (Å²) in [5.74, 6) is -2.73. The van der Waals surface area contributed by atoms with E-state index in [2.05, 4.69) is 5.73 Å². The maximum atomic E-state index is 11.4. The molecule has 0 aromatic heterocycles. The maximum Gasteiger partial charge on any atom is 0.321 e.